The number of benzene rings is 1. The van der Waals surface area contributed by atoms with Gasteiger partial charge in [-0.25, -0.2) is 9.97 Å². The molecule has 0 fully saturated rings. The van der Waals surface area contributed by atoms with Crippen molar-refractivity contribution < 1.29 is 4.79 Å². The Hall–Kier alpha value is -2.05. The van der Waals surface area contributed by atoms with Gasteiger partial charge in [0, 0.05) is 12.7 Å². The van der Waals surface area contributed by atoms with Gasteiger partial charge in [-0.15, -0.1) is 0 Å². The van der Waals surface area contributed by atoms with E-state index < -0.39 is 0 Å². The fourth-order valence-electron chi connectivity index (χ4n) is 2.27. The summed E-state index contributed by atoms with van der Waals surface area (Å²) in [6, 6.07) is 11.9. The van der Waals surface area contributed by atoms with Crippen LogP contribution in [0, 0.1) is 0 Å². The van der Waals surface area contributed by atoms with Gasteiger partial charge in [0.1, 0.15) is 0 Å². The first-order chi connectivity index (χ1) is 11.6. The van der Waals surface area contributed by atoms with Crippen LogP contribution >= 0.6 is 23.4 Å². The lowest BCUT2D eigenvalue weighted by molar-refractivity contribution is -0.118. The van der Waals surface area contributed by atoms with Crippen LogP contribution in [0.4, 0.5) is 0 Å². The molecule has 0 saturated carbocycles. The third-order valence-corrected chi connectivity index (χ3v) is 4.68. The van der Waals surface area contributed by atoms with Crippen molar-refractivity contribution in [3.05, 3.63) is 53.2 Å². The van der Waals surface area contributed by atoms with Gasteiger partial charge in [0.15, 0.2) is 10.8 Å². The van der Waals surface area contributed by atoms with Crippen molar-refractivity contribution in [2.45, 2.75) is 18.0 Å². The Kier molecular flexibility index (Phi) is 5.37. The van der Waals surface area contributed by atoms with Crippen molar-refractivity contribution in [2.75, 3.05) is 12.3 Å². The van der Waals surface area contributed by atoms with E-state index >= 15 is 0 Å². The third-order valence-electron chi connectivity index (χ3n) is 3.60. The van der Waals surface area contributed by atoms with Crippen LogP contribution in [0.15, 0.2) is 47.8 Å². The van der Waals surface area contributed by atoms with Crippen molar-refractivity contribution in [2.24, 2.45) is 0 Å². The number of rotatable bonds is 6. The van der Waals surface area contributed by atoms with Crippen LogP contribution in [0.5, 0.6) is 0 Å². The summed E-state index contributed by atoms with van der Waals surface area (Å²) in [6.07, 6.45) is 1.55. The summed E-state index contributed by atoms with van der Waals surface area (Å²) < 4.78 is 0. The van der Waals surface area contributed by atoms with E-state index in [-0.39, 0.29) is 11.8 Å². The van der Waals surface area contributed by atoms with Crippen molar-refractivity contribution in [3.8, 4) is 0 Å². The summed E-state index contributed by atoms with van der Waals surface area (Å²) in [5, 5.41) is 4.17. The highest BCUT2D eigenvalue weighted by molar-refractivity contribution is 7.99. The highest BCUT2D eigenvalue weighted by Crippen LogP contribution is 2.20. The molecule has 1 aromatic carbocycles. The Morgan fingerprint density at radius 3 is 2.96 bits per heavy atom. The molecule has 1 amide bonds. The summed E-state index contributed by atoms with van der Waals surface area (Å²) in [6.45, 7) is 2.71. The molecule has 3 aromatic rings. The van der Waals surface area contributed by atoms with E-state index in [1.54, 1.807) is 12.3 Å². The number of fused-ring (bicyclic) bond motifs is 1. The molecule has 0 radical (unpaired) electrons. The number of halogens is 1. The number of pyridine rings is 1. The minimum absolute atomic E-state index is 0.0192. The first kappa shape index (κ1) is 16.8. The zero-order valence-electron chi connectivity index (χ0n) is 13.1. The van der Waals surface area contributed by atoms with Gasteiger partial charge in [-0.3, -0.25) is 4.79 Å². The number of H-pyrrole nitrogens is 1. The first-order valence-electron chi connectivity index (χ1n) is 7.57. The number of imidazole rings is 1. The van der Waals surface area contributed by atoms with Gasteiger partial charge in [0.05, 0.1) is 16.3 Å². The number of thioether (sulfide) groups is 1. The summed E-state index contributed by atoms with van der Waals surface area (Å²) in [5.41, 5.74) is 2.58. The zero-order chi connectivity index (χ0) is 16.9. The SMILES string of the molecule is C[C@H](CNC(=O)CSc1nc2ncc(Cl)cc2[nH]1)c1ccccc1. The molecule has 0 aliphatic rings. The Morgan fingerprint density at radius 2 is 2.17 bits per heavy atom. The van der Waals surface area contributed by atoms with Gasteiger partial charge in [-0.1, -0.05) is 60.6 Å². The van der Waals surface area contributed by atoms with Crippen LogP contribution in [0.2, 0.25) is 5.02 Å². The lowest BCUT2D eigenvalue weighted by atomic mass is 10.0. The summed E-state index contributed by atoms with van der Waals surface area (Å²) in [4.78, 5) is 23.6. The molecule has 0 unspecified atom stereocenters. The van der Waals surface area contributed by atoms with E-state index in [1.165, 1.54) is 17.3 Å². The van der Waals surface area contributed by atoms with Crippen LogP contribution in [-0.4, -0.2) is 33.2 Å². The second-order valence-electron chi connectivity index (χ2n) is 5.47. The average molecular weight is 361 g/mol. The minimum atomic E-state index is -0.0192. The monoisotopic (exact) mass is 360 g/mol. The van der Waals surface area contributed by atoms with Crippen LogP contribution in [0.25, 0.3) is 11.2 Å². The minimum Gasteiger partial charge on any atom is -0.355 e. The number of aromatic amines is 1. The van der Waals surface area contributed by atoms with Gasteiger partial charge in [0.2, 0.25) is 5.91 Å². The maximum atomic E-state index is 12.0. The fraction of sp³-hybridized carbons (Fsp3) is 0.235. The van der Waals surface area contributed by atoms with Gasteiger partial charge in [-0.05, 0) is 17.5 Å². The summed E-state index contributed by atoms with van der Waals surface area (Å²) in [5.74, 6) is 0.557. The van der Waals surface area contributed by atoms with Gasteiger partial charge in [0.25, 0.3) is 0 Å². The molecule has 1 atom stereocenters. The molecule has 7 heteroatoms. The molecule has 0 bridgehead atoms. The van der Waals surface area contributed by atoms with E-state index in [2.05, 4.69) is 39.3 Å². The van der Waals surface area contributed by atoms with Crippen molar-refractivity contribution in [3.63, 3.8) is 0 Å². The lowest BCUT2D eigenvalue weighted by Crippen LogP contribution is -2.29. The predicted octanol–water partition coefficient (Wildman–Crippen LogP) is 3.62. The number of hydrogen-bond acceptors (Lipinski definition) is 4. The maximum Gasteiger partial charge on any atom is 0.230 e. The smallest absolute Gasteiger partial charge is 0.230 e. The molecule has 2 aromatic heterocycles. The van der Waals surface area contributed by atoms with Crippen molar-refractivity contribution >= 4 is 40.4 Å². The van der Waals surface area contributed by atoms with Crippen LogP contribution < -0.4 is 5.32 Å². The van der Waals surface area contributed by atoms with Crippen LogP contribution in [0.3, 0.4) is 0 Å². The van der Waals surface area contributed by atoms with E-state index in [1.807, 2.05) is 18.2 Å². The molecule has 2 heterocycles. The van der Waals surface area contributed by atoms with Crippen LogP contribution in [-0.2, 0) is 4.79 Å². The third kappa shape index (κ3) is 4.27. The summed E-state index contributed by atoms with van der Waals surface area (Å²) in [7, 11) is 0. The number of nitrogens with zero attached hydrogens (tertiary/aromatic N) is 2. The predicted molar refractivity (Wildman–Crippen MR) is 97.5 cm³/mol. The molecule has 124 valence electrons. The molecular formula is C17H17ClN4OS. The number of amides is 1. The van der Waals surface area contributed by atoms with Gasteiger partial charge in [-0.2, -0.15) is 0 Å². The molecule has 3 rings (SSSR count). The fourth-order valence-corrected chi connectivity index (χ4v) is 3.13. The molecule has 2 N–H and O–H groups in total. The topological polar surface area (TPSA) is 70.7 Å². The zero-order valence-corrected chi connectivity index (χ0v) is 14.7. The highest BCUT2D eigenvalue weighted by atomic mass is 35.5. The number of hydrogen-bond donors (Lipinski definition) is 2. The number of carbonyl (C=O) groups is 1. The molecular weight excluding hydrogens is 344 g/mol. The average Bonchev–Trinajstić information content (AvgIpc) is 3.00. The highest BCUT2D eigenvalue weighted by Gasteiger charge is 2.10. The number of carbonyl (C=O) groups excluding carboxylic acids is 1. The van der Waals surface area contributed by atoms with Gasteiger partial charge < -0.3 is 10.3 Å². The van der Waals surface area contributed by atoms with Gasteiger partial charge >= 0.3 is 0 Å². The first-order valence-corrected chi connectivity index (χ1v) is 8.94. The Bertz CT molecular complexity index is 837. The maximum absolute atomic E-state index is 12.0. The molecule has 0 aliphatic heterocycles. The molecule has 0 spiro atoms. The normalized spacial score (nSPS) is 12.2. The van der Waals surface area contributed by atoms with Crippen molar-refractivity contribution in [1.29, 1.82) is 0 Å². The molecule has 0 aliphatic carbocycles. The van der Waals surface area contributed by atoms with E-state index in [0.717, 1.165) is 5.52 Å². The number of nitrogens with one attached hydrogen (secondary N) is 2. The van der Waals surface area contributed by atoms with E-state index in [9.17, 15) is 4.79 Å². The molecule has 0 saturated heterocycles. The van der Waals surface area contributed by atoms with E-state index in [4.69, 9.17) is 11.6 Å². The number of aromatic nitrogens is 3. The Balaban J connectivity index is 1.49. The summed E-state index contributed by atoms with van der Waals surface area (Å²) >= 11 is 7.24. The van der Waals surface area contributed by atoms with Crippen molar-refractivity contribution in [1.82, 2.24) is 20.3 Å². The van der Waals surface area contributed by atoms with Crippen LogP contribution in [0.1, 0.15) is 18.4 Å². The second kappa shape index (κ2) is 7.68. The standard InChI is InChI=1S/C17H17ClN4OS/c1-11(12-5-3-2-4-6-12)8-19-15(23)10-24-17-21-14-7-13(18)9-20-16(14)22-17/h2-7,9,11H,8,10H2,1H3,(H,19,23)(H,20,21,22)/t11-/m1/s1. The second-order valence-corrected chi connectivity index (χ2v) is 6.87. The largest absolute Gasteiger partial charge is 0.355 e. The molecule has 5 nitrogen and oxygen atoms in total. The Morgan fingerprint density at radius 1 is 1.38 bits per heavy atom. The molecule has 24 heavy (non-hydrogen) atoms. The van der Waals surface area contributed by atoms with E-state index in [0.29, 0.717) is 28.1 Å². The quantitative estimate of drug-likeness (QED) is 0.658. The Labute approximate surface area is 149 Å². The lowest BCUT2D eigenvalue weighted by Gasteiger charge is -2.12.